The van der Waals surface area contributed by atoms with E-state index in [4.69, 9.17) is 4.74 Å². The number of nitrogens with one attached hydrogen (secondary N) is 1. The first kappa shape index (κ1) is 14.9. The first-order valence-electron chi connectivity index (χ1n) is 6.06. The van der Waals surface area contributed by atoms with Gasteiger partial charge in [-0.05, 0) is 31.7 Å². The Balaban J connectivity index is 3.91. The second-order valence-corrected chi connectivity index (χ2v) is 5.98. The van der Waals surface area contributed by atoms with Crippen LogP contribution in [-0.4, -0.2) is 25.8 Å². The van der Waals surface area contributed by atoms with Gasteiger partial charge in [-0.25, -0.2) is 0 Å². The lowest BCUT2D eigenvalue weighted by atomic mass is 9.87. The summed E-state index contributed by atoms with van der Waals surface area (Å²) in [7, 11) is 2.01. The first-order chi connectivity index (χ1) is 6.77. The van der Waals surface area contributed by atoms with E-state index in [2.05, 4.69) is 46.9 Å². The zero-order valence-electron chi connectivity index (χ0n) is 11.6. The van der Waals surface area contributed by atoms with Crippen LogP contribution in [0.4, 0.5) is 0 Å². The molecular formula is C13H29NO. The molecule has 0 aromatic carbocycles. The van der Waals surface area contributed by atoms with Crippen molar-refractivity contribution in [2.24, 2.45) is 11.3 Å². The van der Waals surface area contributed by atoms with Gasteiger partial charge in [0.1, 0.15) is 0 Å². The van der Waals surface area contributed by atoms with E-state index < -0.39 is 0 Å². The molecule has 0 bridgehead atoms. The van der Waals surface area contributed by atoms with E-state index in [0.717, 1.165) is 13.0 Å². The molecular weight excluding hydrogens is 186 g/mol. The Bertz CT molecular complexity index is 160. The van der Waals surface area contributed by atoms with E-state index in [-0.39, 0.29) is 5.41 Å². The topological polar surface area (TPSA) is 21.3 Å². The van der Waals surface area contributed by atoms with Crippen molar-refractivity contribution >= 4 is 0 Å². The quantitative estimate of drug-likeness (QED) is 0.735. The summed E-state index contributed by atoms with van der Waals surface area (Å²) < 4.78 is 5.87. The highest BCUT2D eigenvalue weighted by atomic mass is 16.5. The highest BCUT2D eigenvalue weighted by molar-refractivity contribution is 4.79. The lowest BCUT2D eigenvalue weighted by molar-refractivity contribution is 0.0184. The van der Waals surface area contributed by atoms with Crippen molar-refractivity contribution in [3.05, 3.63) is 0 Å². The molecule has 1 N–H and O–H groups in total. The molecule has 0 aliphatic carbocycles. The Labute approximate surface area is 95.8 Å². The molecule has 0 spiro atoms. The predicted molar refractivity (Wildman–Crippen MR) is 67.2 cm³/mol. The van der Waals surface area contributed by atoms with Crippen molar-refractivity contribution < 1.29 is 4.74 Å². The van der Waals surface area contributed by atoms with Gasteiger partial charge in [-0.1, -0.05) is 34.6 Å². The Morgan fingerprint density at radius 3 is 2.00 bits per heavy atom. The van der Waals surface area contributed by atoms with Crippen molar-refractivity contribution in [2.75, 3.05) is 13.7 Å². The zero-order valence-corrected chi connectivity index (χ0v) is 11.6. The van der Waals surface area contributed by atoms with Crippen LogP contribution in [0.15, 0.2) is 0 Å². The molecule has 0 aromatic rings. The summed E-state index contributed by atoms with van der Waals surface area (Å²) in [6.45, 7) is 14.2. The van der Waals surface area contributed by atoms with Crippen molar-refractivity contribution in [3.8, 4) is 0 Å². The maximum atomic E-state index is 5.87. The Kier molecular flexibility index (Phi) is 6.46. The average molecular weight is 215 g/mol. The van der Waals surface area contributed by atoms with E-state index in [1.807, 2.05) is 7.05 Å². The molecule has 0 saturated heterocycles. The van der Waals surface area contributed by atoms with Crippen molar-refractivity contribution in [1.82, 2.24) is 5.32 Å². The molecule has 2 nitrogen and oxygen atoms in total. The number of hydrogen-bond donors (Lipinski definition) is 1. The second kappa shape index (κ2) is 6.49. The summed E-state index contributed by atoms with van der Waals surface area (Å²) >= 11 is 0. The van der Waals surface area contributed by atoms with Gasteiger partial charge in [-0.2, -0.15) is 0 Å². The number of hydrogen-bond acceptors (Lipinski definition) is 2. The van der Waals surface area contributed by atoms with Crippen LogP contribution in [0, 0.1) is 11.3 Å². The minimum atomic E-state index is 0.256. The molecule has 0 amide bonds. The number of rotatable bonds is 6. The summed E-state index contributed by atoms with van der Waals surface area (Å²) in [6, 6.07) is 0.423. The van der Waals surface area contributed by atoms with E-state index >= 15 is 0 Å². The molecule has 0 aromatic heterocycles. The predicted octanol–water partition coefficient (Wildman–Crippen LogP) is 3.07. The van der Waals surface area contributed by atoms with Gasteiger partial charge in [-0.15, -0.1) is 0 Å². The largest absolute Gasteiger partial charge is 0.377 e. The molecule has 2 atom stereocenters. The summed E-state index contributed by atoms with van der Waals surface area (Å²) in [5, 5.41) is 3.33. The van der Waals surface area contributed by atoms with Crippen molar-refractivity contribution in [1.29, 1.82) is 0 Å². The molecule has 0 radical (unpaired) electrons. The van der Waals surface area contributed by atoms with Crippen LogP contribution in [0.5, 0.6) is 0 Å². The fourth-order valence-corrected chi connectivity index (χ4v) is 1.76. The molecule has 92 valence electrons. The Morgan fingerprint density at radius 2 is 1.67 bits per heavy atom. The van der Waals surface area contributed by atoms with E-state index in [1.54, 1.807) is 0 Å². The van der Waals surface area contributed by atoms with Crippen LogP contribution >= 0.6 is 0 Å². The molecule has 0 saturated carbocycles. The summed E-state index contributed by atoms with van der Waals surface area (Å²) in [5.41, 5.74) is 0.256. The normalized spacial score (nSPS) is 16.8. The van der Waals surface area contributed by atoms with Gasteiger partial charge >= 0.3 is 0 Å². The third kappa shape index (κ3) is 6.91. The third-order valence-electron chi connectivity index (χ3n) is 2.74. The zero-order chi connectivity index (χ0) is 12.1. The highest BCUT2D eigenvalue weighted by Gasteiger charge is 2.23. The lowest BCUT2D eigenvalue weighted by Crippen LogP contribution is -2.42. The minimum Gasteiger partial charge on any atom is -0.377 e. The molecule has 0 rings (SSSR count). The third-order valence-corrected chi connectivity index (χ3v) is 2.74. The molecule has 2 heteroatoms. The van der Waals surface area contributed by atoms with Crippen molar-refractivity contribution in [3.63, 3.8) is 0 Å². The Morgan fingerprint density at radius 1 is 1.13 bits per heavy atom. The molecule has 0 fully saturated rings. The second-order valence-electron chi connectivity index (χ2n) is 5.98. The van der Waals surface area contributed by atoms with Gasteiger partial charge in [0.05, 0.1) is 12.7 Å². The smallest absolute Gasteiger partial charge is 0.0628 e. The fourth-order valence-electron chi connectivity index (χ4n) is 1.76. The van der Waals surface area contributed by atoms with Gasteiger partial charge in [-0.3, -0.25) is 0 Å². The maximum absolute atomic E-state index is 5.87. The SMILES string of the molecule is CNC(COC(C)CC(C)C)C(C)(C)C. The van der Waals surface area contributed by atoms with Crippen LogP contribution in [0.2, 0.25) is 0 Å². The molecule has 15 heavy (non-hydrogen) atoms. The molecule has 0 aliphatic rings. The van der Waals surface area contributed by atoms with Gasteiger partial charge in [0.25, 0.3) is 0 Å². The number of ether oxygens (including phenoxy) is 1. The van der Waals surface area contributed by atoms with Crippen LogP contribution < -0.4 is 5.32 Å². The Hall–Kier alpha value is -0.0800. The number of likely N-dealkylation sites (N-methyl/N-ethyl adjacent to an activating group) is 1. The maximum Gasteiger partial charge on any atom is 0.0628 e. The van der Waals surface area contributed by atoms with Crippen LogP contribution in [-0.2, 0) is 4.74 Å². The van der Waals surface area contributed by atoms with Gasteiger partial charge in [0, 0.05) is 6.04 Å². The van der Waals surface area contributed by atoms with Crippen LogP contribution in [0.25, 0.3) is 0 Å². The first-order valence-corrected chi connectivity index (χ1v) is 6.06. The van der Waals surface area contributed by atoms with E-state index in [1.165, 1.54) is 0 Å². The summed E-state index contributed by atoms with van der Waals surface area (Å²) in [6.07, 6.45) is 1.50. The summed E-state index contributed by atoms with van der Waals surface area (Å²) in [4.78, 5) is 0. The molecule has 2 unspecified atom stereocenters. The van der Waals surface area contributed by atoms with E-state index in [9.17, 15) is 0 Å². The fraction of sp³-hybridized carbons (Fsp3) is 1.00. The standard InChI is InChI=1S/C13H29NO/c1-10(2)8-11(3)15-9-12(14-7)13(4,5)6/h10-12,14H,8-9H2,1-7H3. The van der Waals surface area contributed by atoms with Crippen LogP contribution in [0.1, 0.15) is 48.0 Å². The molecule has 0 heterocycles. The van der Waals surface area contributed by atoms with Gasteiger partial charge in [0.15, 0.2) is 0 Å². The van der Waals surface area contributed by atoms with E-state index in [0.29, 0.717) is 18.1 Å². The van der Waals surface area contributed by atoms with Gasteiger partial charge in [0.2, 0.25) is 0 Å². The average Bonchev–Trinajstić information content (AvgIpc) is 2.01. The monoisotopic (exact) mass is 215 g/mol. The summed E-state index contributed by atoms with van der Waals surface area (Å²) in [5.74, 6) is 0.711. The van der Waals surface area contributed by atoms with Crippen LogP contribution in [0.3, 0.4) is 0 Å². The van der Waals surface area contributed by atoms with Crippen molar-refractivity contribution in [2.45, 2.75) is 60.1 Å². The highest BCUT2D eigenvalue weighted by Crippen LogP contribution is 2.20. The minimum absolute atomic E-state index is 0.256. The lowest BCUT2D eigenvalue weighted by Gasteiger charge is -2.31. The van der Waals surface area contributed by atoms with Gasteiger partial charge < -0.3 is 10.1 Å². The molecule has 0 aliphatic heterocycles.